The molecule has 18 heavy (non-hydrogen) atoms. The molecule has 0 saturated heterocycles. The number of aliphatic hydroxyl groups excluding tert-OH is 1. The number of methoxy groups -OCH3 is 1. The predicted octanol–water partition coefficient (Wildman–Crippen LogP) is 2.61. The summed E-state index contributed by atoms with van der Waals surface area (Å²) < 4.78 is 18.1. The van der Waals surface area contributed by atoms with Crippen LogP contribution in [0.1, 0.15) is 29.8 Å². The first kappa shape index (κ1) is 15.0. The molecule has 0 aliphatic rings. The van der Waals surface area contributed by atoms with Crippen molar-refractivity contribution in [1.82, 2.24) is 0 Å². The molecule has 0 fully saturated rings. The van der Waals surface area contributed by atoms with E-state index < -0.39 is 17.9 Å². The molecule has 1 aromatic carbocycles. The van der Waals surface area contributed by atoms with Crippen LogP contribution in [0.4, 0.5) is 4.39 Å². The SMILES string of the molecule is COC(=O)c1ccc(CSC(C)C(C)O)cc1F. The first-order chi connectivity index (χ1) is 8.45. The lowest BCUT2D eigenvalue weighted by Gasteiger charge is -2.14. The van der Waals surface area contributed by atoms with Crippen LogP contribution >= 0.6 is 11.8 Å². The minimum atomic E-state index is -0.677. The molecule has 0 bridgehead atoms. The van der Waals surface area contributed by atoms with E-state index in [-0.39, 0.29) is 10.8 Å². The fourth-order valence-corrected chi connectivity index (χ4v) is 2.20. The molecule has 0 spiro atoms. The van der Waals surface area contributed by atoms with Gasteiger partial charge in [0.2, 0.25) is 0 Å². The summed E-state index contributed by atoms with van der Waals surface area (Å²) >= 11 is 1.53. The van der Waals surface area contributed by atoms with Crippen LogP contribution in [0.3, 0.4) is 0 Å². The average Bonchev–Trinajstić information content (AvgIpc) is 2.34. The van der Waals surface area contributed by atoms with Gasteiger partial charge in [0, 0.05) is 11.0 Å². The molecule has 0 aliphatic heterocycles. The number of aliphatic hydroxyl groups is 1. The van der Waals surface area contributed by atoms with Crippen molar-refractivity contribution in [3.63, 3.8) is 0 Å². The molecule has 0 amide bonds. The van der Waals surface area contributed by atoms with Crippen molar-refractivity contribution >= 4 is 17.7 Å². The average molecular weight is 272 g/mol. The third-order valence-corrected chi connectivity index (χ3v) is 4.05. The summed E-state index contributed by atoms with van der Waals surface area (Å²) in [5.41, 5.74) is 0.715. The number of halogens is 1. The van der Waals surface area contributed by atoms with Crippen molar-refractivity contribution < 1.29 is 19.0 Å². The zero-order valence-electron chi connectivity index (χ0n) is 10.6. The molecule has 3 nitrogen and oxygen atoms in total. The van der Waals surface area contributed by atoms with Crippen LogP contribution in [0.25, 0.3) is 0 Å². The van der Waals surface area contributed by atoms with Gasteiger partial charge in [-0.25, -0.2) is 9.18 Å². The Morgan fingerprint density at radius 2 is 2.17 bits per heavy atom. The van der Waals surface area contributed by atoms with Gasteiger partial charge in [0.15, 0.2) is 0 Å². The van der Waals surface area contributed by atoms with Crippen LogP contribution in [-0.4, -0.2) is 29.5 Å². The third-order valence-electron chi connectivity index (χ3n) is 2.63. The molecule has 1 N–H and O–H groups in total. The molecule has 0 saturated carbocycles. The lowest BCUT2D eigenvalue weighted by molar-refractivity contribution is 0.0595. The molecule has 100 valence electrons. The van der Waals surface area contributed by atoms with E-state index in [4.69, 9.17) is 0 Å². The molecular formula is C13H17FO3S. The van der Waals surface area contributed by atoms with E-state index in [9.17, 15) is 14.3 Å². The number of ether oxygens (including phenoxy) is 1. The van der Waals surface area contributed by atoms with Crippen molar-refractivity contribution in [2.45, 2.75) is 31.0 Å². The van der Waals surface area contributed by atoms with Gasteiger partial charge in [0.1, 0.15) is 5.82 Å². The molecule has 2 unspecified atom stereocenters. The summed E-state index contributed by atoms with van der Waals surface area (Å²) in [6, 6.07) is 4.44. The van der Waals surface area contributed by atoms with Crippen LogP contribution in [0.15, 0.2) is 18.2 Å². The third kappa shape index (κ3) is 3.99. The molecule has 5 heteroatoms. The highest BCUT2D eigenvalue weighted by Gasteiger charge is 2.13. The smallest absolute Gasteiger partial charge is 0.340 e. The van der Waals surface area contributed by atoms with Crippen LogP contribution in [0.5, 0.6) is 0 Å². The fourth-order valence-electron chi connectivity index (χ4n) is 1.29. The van der Waals surface area contributed by atoms with Gasteiger partial charge in [-0.3, -0.25) is 0 Å². The summed E-state index contributed by atoms with van der Waals surface area (Å²) in [4.78, 5) is 11.2. The number of hydrogen-bond acceptors (Lipinski definition) is 4. The first-order valence-corrected chi connectivity index (χ1v) is 6.67. The van der Waals surface area contributed by atoms with Gasteiger partial charge in [-0.1, -0.05) is 13.0 Å². The van der Waals surface area contributed by atoms with E-state index in [0.717, 1.165) is 5.56 Å². The summed E-state index contributed by atoms with van der Waals surface area (Å²) in [5.74, 6) is -0.668. The maximum Gasteiger partial charge on any atom is 0.340 e. The fraction of sp³-hybridized carbons (Fsp3) is 0.462. The Balaban J connectivity index is 2.70. The predicted molar refractivity (Wildman–Crippen MR) is 70.2 cm³/mol. The van der Waals surface area contributed by atoms with E-state index >= 15 is 0 Å². The molecular weight excluding hydrogens is 255 g/mol. The lowest BCUT2D eigenvalue weighted by Crippen LogP contribution is -2.15. The van der Waals surface area contributed by atoms with Crippen molar-refractivity contribution in [3.8, 4) is 0 Å². The zero-order valence-corrected chi connectivity index (χ0v) is 11.5. The molecule has 2 atom stereocenters. The molecule has 1 aromatic rings. The highest BCUT2D eigenvalue weighted by Crippen LogP contribution is 2.21. The first-order valence-electron chi connectivity index (χ1n) is 5.62. The van der Waals surface area contributed by atoms with Crippen molar-refractivity contribution in [2.24, 2.45) is 0 Å². The Hall–Kier alpha value is -1.07. The van der Waals surface area contributed by atoms with Crippen LogP contribution in [0, 0.1) is 5.82 Å². The van der Waals surface area contributed by atoms with E-state index in [2.05, 4.69) is 4.74 Å². The second kappa shape index (κ2) is 6.75. The van der Waals surface area contributed by atoms with E-state index in [1.807, 2.05) is 6.92 Å². The monoisotopic (exact) mass is 272 g/mol. The highest BCUT2D eigenvalue weighted by molar-refractivity contribution is 7.99. The lowest BCUT2D eigenvalue weighted by atomic mass is 10.1. The Morgan fingerprint density at radius 1 is 1.50 bits per heavy atom. The standard InChI is InChI=1S/C13H17FO3S/c1-8(15)9(2)18-7-10-4-5-11(12(14)6-10)13(16)17-3/h4-6,8-9,15H,7H2,1-3H3. The maximum absolute atomic E-state index is 13.6. The largest absolute Gasteiger partial charge is 0.465 e. The van der Waals surface area contributed by atoms with Crippen LogP contribution in [0.2, 0.25) is 0 Å². The Kier molecular flexibility index (Phi) is 5.62. The summed E-state index contributed by atoms with van der Waals surface area (Å²) in [7, 11) is 1.22. The van der Waals surface area contributed by atoms with E-state index in [0.29, 0.717) is 5.75 Å². The van der Waals surface area contributed by atoms with Crippen LogP contribution in [-0.2, 0) is 10.5 Å². The van der Waals surface area contributed by atoms with Crippen molar-refractivity contribution in [1.29, 1.82) is 0 Å². The molecule has 0 heterocycles. The van der Waals surface area contributed by atoms with Gasteiger partial charge < -0.3 is 9.84 Å². The van der Waals surface area contributed by atoms with Crippen molar-refractivity contribution in [3.05, 3.63) is 35.1 Å². The van der Waals surface area contributed by atoms with E-state index in [1.54, 1.807) is 13.0 Å². The number of esters is 1. The molecule has 1 rings (SSSR count). The van der Waals surface area contributed by atoms with Crippen molar-refractivity contribution in [2.75, 3.05) is 7.11 Å². The number of benzene rings is 1. The second-order valence-corrected chi connectivity index (χ2v) is 5.43. The summed E-state index contributed by atoms with van der Waals surface area (Å²) in [5, 5.41) is 9.42. The Morgan fingerprint density at radius 3 is 2.67 bits per heavy atom. The van der Waals surface area contributed by atoms with Gasteiger partial charge in [-0.05, 0) is 24.6 Å². The number of rotatable bonds is 5. The van der Waals surface area contributed by atoms with Gasteiger partial charge in [0.05, 0.1) is 18.8 Å². The summed E-state index contributed by atoms with van der Waals surface area (Å²) in [6.45, 7) is 3.63. The molecule has 0 aliphatic carbocycles. The molecule has 0 radical (unpaired) electrons. The number of carbonyl (C=O) groups is 1. The molecule has 0 aromatic heterocycles. The quantitative estimate of drug-likeness (QED) is 0.837. The normalized spacial score (nSPS) is 14.1. The second-order valence-electron chi connectivity index (χ2n) is 4.06. The zero-order chi connectivity index (χ0) is 13.7. The van der Waals surface area contributed by atoms with Gasteiger partial charge in [-0.2, -0.15) is 11.8 Å². The Labute approximate surface area is 110 Å². The Bertz CT molecular complexity index is 421. The van der Waals surface area contributed by atoms with Gasteiger partial charge in [-0.15, -0.1) is 0 Å². The number of hydrogen-bond donors (Lipinski definition) is 1. The van der Waals surface area contributed by atoms with Crippen LogP contribution < -0.4 is 0 Å². The maximum atomic E-state index is 13.6. The minimum absolute atomic E-state index is 0.0603. The van der Waals surface area contributed by atoms with E-state index in [1.165, 1.54) is 31.0 Å². The van der Waals surface area contributed by atoms with Gasteiger partial charge >= 0.3 is 5.97 Å². The van der Waals surface area contributed by atoms with Gasteiger partial charge in [0.25, 0.3) is 0 Å². The number of carbonyl (C=O) groups excluding carboxylic acids is 1. The number of thioether (sulfide) groups is 1. The minimum Gasteiger partial charge on any atom is -0.465 e. The summed E-state index contributed by atoms with van der Waals surface area (Å²) in [6.07, 6.45) is -0.408. The highest BCUT2D eigenvalue weighted by atomic mass is 32.2. The topological polar surface area (TPSA) is 46.5 Å².